The Balaban J connectivity index is 1.51. The molecule has 1 atom stereocenters. The van der Waals surface area contributed by atoms with Crippen LogP contribution >= 0.6 is 0 Å². The van der Waals surface area contributed by atoms with Crippen LogP contribution in [0.1, 0.15) is 76.7 Å². The molecule has 0 saturated heterocycles. The van der Waals surface area contributed by atoms with Gasteiger partial charge in [0.05, 0.1) is 0 Å². The molecule has 2 rings (SSSR count). The lowest BCUT2D eigenvalue weighted by Gasteiger charge is -2.20. The van der Waals surface area contributed by atoms with Gasteiger partial charge >= 0.3 is 0 Å². The summed E-state index contributed by atoms with van der Waals surface area (Å²) < 4.78 is 0. The number of allylic oxidation sites excluding steroid dienone is 2. The highest BCUT2D eigenvalue weighted by atomic mass is 14.2. The third-order valence-corrected chi connectivity index (χ3v) is 5.09. The van der Waals surface area contributed by atoms with Gasteiger partial charge in [-0.15, -0.1) is 5.92 Å². The summed E-state index contributed by atoms with van der Waals surface area (Å²) in [5.41, 5.74) is 1.42. The molecule has 1 fully saturated rings. The van der Waals surface area contributed by atoms with Crippen molar-refractivity contribution in [3.05, 3.63) is 48.0 Å². The predicted molar refractivity (Wildman–Crippen MR) is 106 cm³/mol. The standard InChI is InChI=1S/C24H34/c1-22(15-12-13-21-24-19-10-5-11-20-24)14-6-2-3-7-16-23-17-8-4-9-18-23/h5,10-12,15,19-20,22-23H,2-4,7-9,13,16-18,21H2,1H3/b15-12+. The fraction of sp³-hybridized carbons (Fsp3) is 0.583. The van der Waals surface area contributed by atoms with E-state index in [1.807, 2.05) is 0 Å². The molecule has 24 heavy (non-hydrogen) atoms. The molecule has 0 amide bonds. The molecule has 0 nitrogen and oxygen atoms in total. The first-order valence-corrected chi connectivity index (χ1v) is 10.0. The van der Waals surface area contributed by atoms with Gasteiger partial charge in [0.1, 0.15) is 0 Å². The Morgan fingerprint density at radius 2 is 1.88 bits per heavy atom. The quantitative estimate of drug-likeness (QED) is 0.276. The van der Waals surface area contributed by atoms with Gasteiger partial charge in [-0.1, -0.05) is 93.4 Å². The van der Waals surface area contributed by atoms with E-state index in [9.17, 15) is 0 Å². The molecule has 0 N–H and O–H groups in total. The lowest BCUT2D eigenvalue weighted by molar-refractivity contribution is 0.330. The zero-order valence-electron chi connectivity index (χ0n) is 15.5. The van der Waals surface area contributed by atoms with E-state index in [0.29, 0.717) is 5.92 Å². The summed E-state index contributed by atoms with van der Waals surface area (Å²) in [5.74, 6) is 8.18. The Morgan fingerprint density at radius 3 is 2.67 bits per heavy atom. The summed E-state index contributed by atoms with van der Waals surface area (Å²) in [4.78, 5) is 0. The molecule has 0 bridgehead atoms. The molecule has 1 aromatic rings. The molecule has 1 saturated carbocycles. The largest absolute Gasteiger partial charge is 0.103 e. The van der Waals surface area contributed by atoms with Crippen LogP contribution in [0.25, 0.3) is 0 Å². The lowest BCUT2D eigenvalue weighted by Crippen LogP contribution is -2.05. The first kappa shape index (κ1) is 18.9. The van der Waals surface area contributed by atoms with Gasteiger partial charge in [0.25, 0.3) is 0 Å². The number of hydrogen-bond acceptors (Lipinski definition) is 0. The second-order valence-corrected chi connectivity index (χ2v) is 7.31. The summed E-state index contributed by atoms with van der Waals surface area (Å²) in [5, 5.41) is 0. The van der Waals surface area contributed by atoms with Crippen molar-refractivity contribution in [2.45, 2.75) is 77.6 Å². The van der Waals surface area contributed by atoms with Crippen LogP contribution in [0.5, 0.6) is 0 Å². The predicted octanol–water partition coefficient (Wildman–Crippen LogP) is 6.96. The Morgan fingerprint density at radius 1 is 1.08 bits per heavy atom. The van der Waals surface area contributed by atoms with Crippen molar-refractivity contribution in [3.63, 3.8) is 0 Å². The highest BCUT2D eigenvalue weighted by Crippen LogP contribution is 2.27. The topological polar surface area (TPSA) is 0 Å². The van der Waals surface area contributed by atoms with Crippen LogP contribution in [-0.2, 0) is 6.42 Å². The minimum absolute atomic E-state index is 0.388. The third-order valence-electron chi connectivity index (χ3n) is 5.09. The van der Waals surface area contributed by atoms with Gasteiger partial charge in [0.15, 0.2) is 0 Å². The maximum absolute atomic E-state index is 3.38. The second kappa shape index (κ2) is 12.0. The summed E-state index contributed by atoms with van der Waals surface area (Å²) in [6.45, 7) is 2.20. The molecule has 0 heteroatoms. The molecule has 1 aliphatic carbocycles. The average molecular weight is 323 g/mol. The van der Waals surface area contributed by atoms with E-state index < -0.39 is 0 Å². The van der Waals surface area contributed by atoms with E-state index in [1.54, 1.807) is 0 Å². The van der Waals surface area contributed by atoms with Gasteiger partial charge in [-0.3, -0.25) is 0 Å². The molecule has 1 aliphatic rings. The highest BCUT2D eigenvalue weighted by molar-refractivity contribution is 5.15. The minimum atomic E-state index is 0.388. The van der Waals surface area contributed by atoms with E-state index in [1.165, 1.54) is 56.9 Å². The fourth-order valence-corrected chi connectivity index (χ4v) is 3.60. The number of hydrogen-bond donors (Lipinski definition) is 0. The lowest BCUT2D eigenvalue weighted by atomic mass is 9.86. The van der Waals surface area contributed by atoms with Gasteiger partial charge in [-0.2, -0.15) is 0 Å². The Hall–Kier alpha value is -1.48. The van der Waals surface area contributed by atoms with E-state index >= 15 is 0 Å². The molecule has 130 valence electrons. The fourth-order valence-electron chi connectivity index (χ4n) is 3.60. The zero-order chi connectivity index (χ0) is 16.9. The average Bonchev–Trinajstić information content (AvgIpc) is 2.63. The van der Waals surface area contributed by atoms with Gasteiger partial charge in [-0.05, 0) is 37.7 Å². The van der Waals surface area contributed by atoms with Gasteiger partial charge in [0.2, 0.25) is 0 Å². The first-order valence-electron chi connectivity index (χ1n) is 10.0. The molecule has 1 aromatic carbocycles. The van der Waals surface area contributed by atoms with E-state index in [4.69, 9.17) is 0 Å². The monoisotopic (exact) mass is 322 g/mol. The van der Waals surface area contributed by atoms with E-state index in [2.05, 4.69) is 61.2 Å². The van der Waals surface area contributed by atoms with Crippen LogP contribution in [0.15, 0.2) is 42.5 Å². The molecule has 0 spiro atoms. The maximum Gasteiger partial charge on any atom is 0.0354 e. The normalized spacial score (nSPS) is 16.7. The van der Waals surface area contributed by atoms with Crippen molar-refractivity contribution in [2.75, 3.05) is 0 Å². The summed E-state index contributed by atoms with van der Waals surface area (Å²) in [6.07, 6.45) is 19.3. The molecule has 0 heterocycles. The number of aryl methyl sites for hydroxylation is 1. The SMILES string of the molecule is CC(C#CCCCCC1CCCCC1)/C=C/CCc1ccccc1. The van der Waals surface area contributed by atoms with Crippen molar-refractivity contribution in [1.82, 2.24) is 0 Å². The van der Waals surface area contributed by atoms with Crippen molar-refractivity contribution in [1.29, 1.82) is 0 Å². The molecule has 0 aromatic heterocycles. The summed E-state index contributed by atoms with van der Waals surface area (Å²) in [6, 6.07) is 10.7. The van der Waals surface area contributed by atoms with Crippen molar-refractivity contribution < 1.29 is 0 Å². The second-order valence-electron chi connectivity index (χ2n) is 7.31. The van der Waals surface area contributed by atoms with Crippen molar-refractivity contribution in [2.24, 2.45) is 11.8 Å². The Bertz CT molecular complexity index is 508. The van der Waals surface area contributed by atoms with E-state index in [-0.39, 0.29) is 0 Å². The van der Waals surface area contributed by atoms with Gasteiger partial charge < -0.3 is 0 Å². The molecule has 1 unspecified atom stereocenters. The molecule has 0 radical (unpaired) electrons. The number of rotatable bonds is 8. The zero-order valence-corrected chi connectivity index (χ0v) is 15.5. The van der Waals surface area contributed by atoms with Crippen LogP contribution in [0.2, 0.25) is 0 Å². The van der Waals surface area contributed by atoms with Crippen LogP contribution < -0.4 is 0 Å². The van der Waals surface area contributed by atoms with Crippen LogP contribution in [-0.4, -0.2) is 0 Å². The first-order chi connectivity index (χ1) is 11.8. The Kier molecular flexibility index (Phi) is 9.40. The molecular weight excluding hydrogens is 288 g/mol. The highest BCUT2D eigenvalue weighted by Gasteiger charge is 2.12. The summed E-state index contributed by atoms with van der Waals surface area (Å²) >= 11 is 0. The summed E-state index contributed by atoms with van der Waals surface area (Å²) in [7, 11) is 0. The minimum Gasteiger partial charge on any atom is -0.103 e. The number of unbranched alkanes of at least 4 members (excludes halogenated alkanes) is 2. The smallest absolute Gasteiger partial charge is 0.0354 e. The molecule has 0 aliphatic heterocycles. The maximum atomic E-state index is 3.38. The van der Waals surface area contributed by atoms with Crippen LogP contribution in [0.4, 0.5) is 0 Å². The third kappa shape index (κ3) is 8.39. The van der Waals surface area contributed by atoms with Gasteiger partial charge in [-0.25, -0.2) is 0 Å². The van der Waals surface area contributed by atoms with Crippen molar-refractivity contribution in [3.8, 4) is 11.8 Å². The van der Waals surface area contributed by atoms with Crippen LogP contribution in [0.3, 0.4) is 0 Å². The Labute approximate surface area is 149 Å². The van der Waals surface area contributed by atoms with Crippen LogP contribution in [0, 0.1) is 23.7 Å². The van der Waals surface area contributed by atoms with Gasteiger partial charge in [0, 0.05) is 12.3 Å². The molecular formula is C24H34. The van der Waals surface area contributed by atoms with E-state index in [0.717, 1.165) is 25.2 Å². The number of benzene rings is 1. The van der Waals surface area contributed by atoms with Crippen molar-refractivity contribution >= 4 is 0 Å².